The zero-order chi connectivity index (χ0) is 21.4. The summed E-state index contributed by atoms with van der Waals surface area (Å²) in [6.07, 6.45) is 4.87. The second kappa shape index (κ2) is 10.7. The predicted octanol–water partition coefficient (Wildman–Crippen LogP) is 2.20. The average molecular weight is 410 g/mol. The van der Waals surface area contributed by atoms with Crippen LogP contribution in [0.25, 0.3) is 0 Å². The quantitative estimate of drug-likeness (QED) is 0.497. The summed E-state index contributed by atoms with van der Waals surface area (Å²) in [5.41, 5.74) is -0.482. The van der Waals surface area contributed by atoms with Gasteiger partial charge >= 0.3 is 6.09 Å². The van der Waals surface area contributed by atoms with E-state index in [0.29, 0.717) is 12.5 Å². The highest BCUT2D eigenvalue weighted by Gasteiger charge is 2.35. The topological polar surface area (TPSA) is 86.3 Å². The number of nitrogens with one attached hydrogen (secondary N) is 2. The van der Waals surface area contributed by atoms with Gasteiger partial charge in [-0.25, -0.2) is 4.79 Å². The lowest BCUT2D eigenvalue weighted by Crippen LogP contribution is -2.53. The summed E-state index contributed by atoms with van der Waals surface area (Å²) in [6, 6.07) is 0.188. The van der Waals surface area contributed by atoms with E-state index in [0.717, 1.165) is 44.9 Å². The smallest absolute Gasteiger partial charge is 0.410 e. The van der Waals surface area contributed by atoms with E-state index in [1.165, 1.54) is 12.8 Å². The van der Waals surface area contributed by atoms with E-state index in [9.17, 15) is 9.59 Å². The van der Waals surface area contributed by atoms with E-state index in [2.05, 4.69) is 20.5 Å². The average Bonchev–Trinajstić information content (AvgIpc) is 3.48. The van der Waals surface area contributed by atoms with Crippen LogP contribution in [-0.2, 0) is 9.53 Å². The van der Waals surface area contributed by atoms with Gasteiger partial charge in [0.1, 0.15) is 5.60 Å². The molecule has 1 aliphatic heterocycles. The Morgan fingerprint density at radius 2 is 1.79 bits per heavy atom. The molecule has 166 valence electrons. The second-order valence-electron chi connectivity index (χ2n) is 9.05. The number of guanidine groups is 1. The van der Waals surface area contributed by atoms with Gasteiger partial charge < -0.3 is 25.2 Å². The molecule has 1 aliphatic carbocycles. The fraction of sp³-hybridized carbons (Fsp3) is 0.857. The lowest BCUT2D eigenvalue weighted by molar-refractivity contribution is -0.120. The van der Waals surface area contributed by atoms with Crippen LogP contribution in [0.15, 0.2) is 4.99 Å². The number of hydrogen-bond acceptors (Lipinski definition) is 4. The van der Waals surface area contributed by atoms with E-state index in [1.54, 1.807) is 7.05 Å². The van der Waals surface area contributed by atoms with Gasteiger partial charge in [-0.1, -0.05) is 6.92 Å². The molecule has 0 atom stereocenters. The molecule has 0 unspecified atom stereocenters. The molecule has 0 radical (unpaired) electrons. The van der Waals surface area contributed by atoms with Gasteiger partial charge in [-0.3, -0.25) is 9.79 Å². The van der Waals surface area contributed by atoms with Crippen molar-refractivity contribution in [2.45, 2.75) is 71.4 Å². The molecule has 0 spiro atoms. The van der Waals surface area contributed by atoms with Gasteiger partial charge in [-0.2, -0.15) is 0 Å². The van der Waals surface area contributed by atoms with E-state index >= 15 is 0 Å². The minimum Gasteiger partial charge on any atom is -0.444 e. The third-order valence-electron chi connectivity index (χ3n) is 5.18. The Labute approximate surface area is 175 Å². The van der Waals surface area contributed by atoms with E-state index in [1.807, 2.05) is 32.6 Å². The van der Waals surface area contributed by atoms with Crippen molar-refractivity contribution in [1.82, 2.24) is 20.4 Å². The fourth-order valence-electron chi connectivity index (χ4n) is 3.48. The first-order valence-electron chi connectivity index (χ1n) is 11.0. The van der Waals surface area contributed by atoms with Crippen molar-refractivity contribution in [2.24, 2.45) is 10.9 Å². The highest BCUT2D eigenvalue weighted by atomic mass is 16.6. The molecule has 1 heterocycles. The van der Waals surface area contributed by atoms with Crippen molar-refractivity contribution < 1.29 is 14.3 Å². The molecule has 1 saturated heterocycles. The Morgan fingerprint density at radius 1 is 1.14 bits per heavy atom. The third-order valence-corrected chi connectivity index (χ3v) is 5.18. The first-order valence-corrected chi connectivity index (χ1v) is 11.0. The van der Waals surface area contributed by atoms with Crippen molar-refractivity contribution >= 4 is 18.0 Å². The van der Waals surface area contributed by atoms with Crippen molar-refractivity contribution in [1.29, 1.82) is 0 Å². The van der Waals surface area contributed by atoms with Crippen molar-refractivity contribution in [3.63, 3.8) is 0 Å². The molecule has 0 aromatic heterocycles. The number of ether oxygens (including phenoxy) is 1. The molecular weight excluding hydrogens is 370 g/mol. The fourth-order valence-corrected chi connectivity index (χ4v) is 3.48. The molecule has 2 amide bonds. The highest BCUT2D eigenvalue weighted by Crippen LogP contribution is 2.32. The van der Waals surface area contributed by atoms with Crippen molar-refractivity contribution in [3.05, 3.63) is 0 Å². The van der Waals surface area contributed by atoms with Gasteiger partial charge in [0.25, 0.3) is 0 Å². The second-order valence-corrected chi connectivity index (χ2v) is 9.05. The lowest BCUT2D eigenvalue weighted by atomic mass is 10.0. The number of likely N-dealkylation sites (tertiary alicyclic amines) is 1. The van der Waals surface area contributed by atoms with Crippen LogP contribution in [-0.4, -0.2) is 79.2 Å². The minimum atomic E-state index is -0.482. The van der Waals surface area contributed by atoms with Crippen LogP contribution in [0.4, 0.5) is 4.79 Å². The first-order chi connectivity index (χ1) is 13.7. The normalized spacial score (nSPS) is 18.4. The maximum atomic E-state index is 12.8. The largest absolute Gasteiger partial charge is 0.444 e. The number of aliphatic imine (C=N–C) groups is 1. The summed E-state index contributed by atoms with van der Waals surface area (Å²) in [4.78, 5) is 33.0. The van der Waals surface area contributed by atoms with Gasteiger partial charge in [0.2, 0.25) is 5.91 Å². The molecule has 0 bridgehead atoms. The number of hydrogen-bond donors (Lipinski definition) is 2. The molecule has 2 aliphatic rings. The monoisotopic (exact) mass is 409 g/mol. The summed E-state index contributed by atoms with van der Waals surface area (Å²) in [6.45, 7) is 11.1. The maximum Gasteiger partial charge on any atom is 0.410 e. The molecule has 0 aromatic rings. The van der Waals surface area contributed by atoms with Crippen molar-refractivity contribution in [2.75, 3.05) is 39.8 Å². The zero-order valence-electron chi connectivity index (χ0n) is 18.8. The van der Waals surface area contributed by atoms with E-state index < -0.39 is 5.60 Å². The molecule has 8 heteroatoms. The Hall–Kier alpha value is -1.99. The minimum absolute atomic E-state index is 0.0246. The van der Waals surface area contributed by atoms with Gasteiger partial charge in [-0.05, 0) is 58.8 Å². The molecule has 2 rings (SSSR count). The SMILES string of the molecule is CCCNC(=O)CNC(=NC)N1CCC(N(CC2CC2)C(=O)OC(C)(C)C)CC1. The van der Waals surface area contributed by atoms with E-state index in [4.69, 9.17) is 4.74 Å². The Kier molecular flexibility index (Phi) is 8.59. The van der Waals surface area contributed by atoms with Gasteiger partial charge in [0.05, 0.1) is 6.54 Å². The summed E-state index contributed by atoms with van der Waals surface area (Å²) in [5.74, 6) is 1.33. The van der Waals surface area contributed by atoms with Crippen LogP contribution in [0.3, 0.4) is 0 Å². The number of nitrogens with zero attached hydrogens (tertiary/aromatic N) is 3. The Morgan fingerprint density at radius 3 is 2.31 bits per heavy atom. The van der Waals surface area contributed by atoms with Crippen LogP contribution < -0.4 is 10.6 Å². The molecule has 1 saturated carbocycles. The standard InChI is InChI=1S/C21H39N5O3/c1-6-11-23-18(27)14-24-19(22-5)25-12-9-17(10-13-25)26(15-16-7-8-16)20(28)29-21(2,3)4/h16-17H,6-15H2,1-5H3,(H,22,24)(H,23,27). The van der Waals surface area contributed by atoms with Crippen LogP contribution >= 0.6 is 0 Å². The van der Waals surface area contributed by atoms with Crippen molar-refractivity contribution in [3.8, 4) is 0 Å². The predicted molar refractivity (Wildman–Crippen MR) is 115 cm³/mol. The molecule has 8 nitrogen and oxygen atoms in total. The highest BCUT2D eigenvalue weighted by molar-refractivity contribution is 5.86. The Bertz CT molecular complexity index is 575. The zero-order valence-corrected chi connectivity index (χ0v) is 18.8. The maximum absolute atomic E-state index is 12.8. The number of carbonyl (C=O) groups is 2. The molecular formula is C21H39N5O3. The van der Waals surface area contributed by atoms with Crippen LogP contribution in [0.1, 0.15) is 59.8 Å². The molecule has 2 N–H and O–H groups in total. The number of carbonyl (C=O) groups excluding carboxylic acids is 2. The summed E-state index contributed by atoms with van der Waals surface area (Å²) >= 11 is 0. The number of rotatable bonds is 7. The molecule has 2 fully saturated rings. The lowest BCUT2D eigenvalue weighted by Gasteiger charge is -2.40. The number of piperidine rings is 1. The van der Waals surface area contributed by atoms with Gasteiger partial charge in [-0.15, -0.1) is 0 Å². The summed E-state index contributed by atoms with van der Waals surface area (Å²) < 4.78 is 5.67. The summed E-state index contributed by atoms with van der Waals surface area (Å²) in [7, 11) is 1.73. The van der Waals surface area contributed by atoms with Gasteiger partial charge in [0, 0.05) is 39.3 Å². The first kappa shape index (κ1) is 23.3. The van der Waals surface area contributed by atoms with Crippen LogP contribution in [0, 0.1) is 5.92 Å². The molecule has 0 aromatic carbocycles. The third kappa shape index (κ3) is 8.11. The van der Waals surface area contributed by atoms with Crippen LogP contribution in [0.5, 0.6) is 0 Å². The number of amides is 2. The molecule has 29 heavy (non-hydrogen) atoms. The Balaban J connectivity index is 1.87. The summed E-state index contributed by atoms with van der Waals surface area (Å²) in [5, 5.41) is 6.01. The van der Waals surface area contributed by atoms with Crippen LogP contribution in [0.2, 0.25) is 0 Å². The van der Waals surface area contributed by atoms with Gasteiger partial charge in [0.15, 0.2) is 5.96 Å². The van der Waals surface area contributed by atoms with E-state index in [-0.39, 0.29) is 24.6 Å².